The van der Waals surface area contributed by atoms with Crippen LogP contribution in [-0.2, 0) is 20.7 Å². The molecule has 0 saturated carbocycles. The smallest absolute Gasteiger partial charge is 0.347 e. The molecule has 5 rings (SSSR count). The molecule has 2 aromatic heterocycles. The molecule has 2 aliphatic rings. The number of benzene rings is 1. The minimum atomic E-state index is -0.841. The van der Waals surface area contributed by atoms with Crippen molar-refractivity contribution in [3.8, 4) is 0 Å². The summed E-state index contributed by atoms with van der Waals surface area (Å²) >= 11 is 0. The minimum absolute atomic E-state index is 0.280. The van der Waals surface area contributed by atoms with E-state index in [0.29, 0.717) is 12.0 Å². The Hall–Kier alpha value is -3.41. The lowest BCUT2D eigenvalue weighted by Gasteiger charge is -2.22. The van der Waals surface area contributed by atoms with Gasteiger partial charge in [0.15, 0.2) is 0 Å². The number of hydrogen-bond donors (Lipinski definition) is 0. The molecule has 0 spiro atoms. The van der Waals surface area contributed by atoms with Crippen LogP contribution in [0.2, 0.25) is 0 Å². The molecule has 0 unspecified atom stereocenters. The summed E-state index contributed by atoms with van der Waals surface area (Å²) in [4.78, 5) is 29.8. The third-order valence-corrected chi connectivity index (χ3v) is 5.37. The van der Waals surface area contributed by atoms with Gasteiger partial charge in [0.2, 0.25) is 6.10 Å². The van der Waals surface area contributed by atoms with Gasteiger partial charge in [-0.1, -0.05) is 18.2 Å². The van der Waals surface area contributed by atoms with Crippen molar-refractivity contribution in [2.45, 2.75) is 31.8 Å². The number of rotatable bonds is 3. The van der Waals surface area contributed by atoms with Crippen LogP contribution in [0, 0.1) is 0 Å². The third-order valence-electron chi connectivity index (χ3n) is 5.37. The van der Waals surface area contributed by atoms with E-state index in [1.54, 1.807) is 6.26 Å². The molecule has 1 saturated heterocycles. The maximum absolute atomic E-state index is 13.2. The molecule has 29 heavy (non-hydrogen) atoms. The molecule has 1 atom stereocenters. The number of carbonyl (C=O) groups excluding carboxylic acids is 2. The number of cyclic esters (lactones) is 1. The molecular formula is C23H19NO5. The topological polar surface area (TPSA) is 78.6 Å². The summed E-state index contributed by atoms with van der Waals surface area (Å²) in [5.41, 5.74) is 3.91. The van der Waals surface area contributed by atoms with Crippen LogP contribution in [0.25, 0.3) is 22.6 Å². The molecule has 1 aliphatic heterocycles. The number of ether oxygens (including phenoxy) is 2. The monoisotopic (exact) mass is 389 g/mol. The standard InChI is InChI=1S/C23H19NO5/c25-22-19(10-12-28-22)29-23(26)20-16-7-1-2-9-18(16)24-21-14(5-3-8-17(20)21)13-15-6-4-11-27-15/h1-2,4,6-7,9,11,13,19H,3,5,8,10,12H2/b14-13+/t19-/m0/s1. The van der Waals surface area contributed by atoms with Gasteiger partial charge in [0.1, 0.15) is 5.76 Å². The molecule has 146 valence electrons. The van der Waals surface area contributed by atoms with Crippen molar-refractivity contribution in [2.24, 2.45) is 0 Å². The molecule has 1 aromatic carbocycles. The highest BCUT2D eigenvalue weighted by Crippen LogP contribution is 2.36. The first kappa shape index (κ1) is 17.7. The fourth-order valence-electron chi connectivity index (χ4n) is 4.03. The number of carbonyl (C=O) groups is 2. The molecule has 3 aromatic rings. The Bertz CT molecular complexity index is 1130. The summed E-state index contributed by atoms with van der Waals surface area (Å²) in [7, 11) is 0. The Labute approximate surface area is 167 Å². The summed E-state index contributed by atoms with van der Waals surface area (Å²) in [5.74, 6) is -0.229. The molecule has 0 radical (unpaired) electrons. The second kappa shape index (κ2) is 7.20. The highest BCUT2D eigenvalue weighted by atomic mass is 16.6. The van der Waals surface area contributed by atoms with E-state index >= 15 is 0 Å². The van der Waals surface area contributed by atoms with Gasteiger partial charge in [-0.2, -0.15) is 0 Å². The van der Waals surface area contributed by atoms with Crippen molar-refractivity contribution < 1.29 is 23.5 Å². The molecule has 6 nitrogen and oxygen atoms in total. The Morgan fingerprint density at radius 2 is 2.07 bits per heavy atom. The van der Waals surface area contributed by atoms with Gasteiger partial charge in [0, 0.05) is 11.8 Å². The molecule has 0 N–H and O–H groups in total. The van der Waals surface area contributed by atoms with E-state index in [9.17, 15) is 9.59 Å². The van der Waals surface area contributed by atoms with Crippen molar-refractivity contribution in [3.05, 3.63) is 65.2 Å². The molecule has 0 amide bonds. The van der Waals surface area contributed by atoms with E-state index in [1.807, 2.05) is 42.5 Å². The van der Waals surface area contributed by atoms with Crippen molar-refractivity contribution in [1.82, 2.24) is 4.98 Å². The normalized spacial score (nSPS) is 19.9. The van der Waals surface area contributed by atoms with Crippen LogP contribution >= 0.6 is 0 Å². The van der Waals surface area contributed by atoms with Gasteiger partial charge in [0.05, 0.1) is 29.6 Å². The van der Waals surface area contributed by atoms with Gasteiger partial charge < -0.3 is 13.9 Å². The number of esters is 2. The van der Waals surface area contributed by atoms with E-state index in [1.165, 1.54) is 0 Å². The summed E-state index contributed by atoms with van der Waals surface area (Å²) < 4.78 is 15.9. The average molecular weight is 389 g/mol. The molecular weight excluding hydrogens is 370 g/mol. The maximum Gasteiger partial charge on any atom is 0.347 e. The molecule has 0 bridgehead atoms. The first-order valence-electron chi connectivity index (χ1n) is 9.74. The number of allylic oxidation sites excluding steroid dienone is 1. The lowest BCUT2D eigenvalue weighted by molar-refractivity contribution is -0.145. The fraction of sp³-hybridized carbons (Fsp3) is 0.261. The summed E-state index contributed by atoms with van der Waals surface area (Å²) in [6.07, 6.45) is 5.62. The van der Waals surface area contributed by atoms with E-state index < -0.39 is 18.0 Å². The number of pyridine rings is 1. The second-order valence-electron chi connectivity index (χ2n) is 7.22. The van der Waals surface area contributed by atoms with Crippen LogP contribution in [0.3, 0.4) is 0 Å². The van der Waals surface area contributed by atoms with E-state index in [-0.39, 0.29) is 6.61 Å². The predicted octanol–water partition coefficient (Wildman–Crippen LogP) is 4.18. The van der Waals surface area contributed by atoms with E-state index in [2.05, 4.69) is 0 Å². The highest BCUT2D eigenvalue weighted by Gasteiger charge is 2.33. The van der Waals surface area contributed by atoms with Gasteiger partial charge in [0.25, 0.3) is 0 Å². The van der Waals surface area contributed by atoms with Gasteiger partial charge in [-0.05, 0) is 54.7 Å². The Morgan fingerprint density at radius 3 is 2.86 bits per heavy atom. The lowest BCUT2D eigenvalue weighted by atomic mass is 9.86. The zero-order valence-corrected chi connectivity index (χ0v) is 15.7. The highest BCUT2D eigenvalue weighted by molar-refractivity contribution is 6.07. The summed E-state index contributed by atoms with van der Waals surface area (Å²) in [5, 5.41) is 0.738. The number of para-hydroxylation sites is 1. The average Bonchev–Trinajstić information content (AvgIpc) is 3.38. The first-order valence-corrected chi connectivity index (χ1v) is 9.74. The largest absolute Gasteiger partial charge is 0.465 e. The number of fused-ring (bicyclic) bond motifs is 2. The lowest BCUT2D eigenvalue weighted by Crippen LogP contribution is -2.24. The van der Waals surface area contributed by atoms with Crippen LogP contribution in [0.4, 0.5) is 0 Å². The Balaban J connectivity index is 1.65. The number of furan rings is 1. The first-order chi connectivity index (χ1) is 14.2. The Morgan fingerprint density at radius 1 is 1.17 bits per heavy atom. The van der Waals surface area contributed by atoms with E-state index in [0.717, 1.165) is 52.8 Å². The molecule has 1 aliphatic carbocycles. The molecule has 6 heteroatoms. The zero-order chi connectivity index (χ0) is 19.8. The number of hydrogen-bond acceptors (Lipinski definition) is 6. The van der Waals surface area contributed by atoms with Crippen LogP contribution < -0.4 is 0 Å². The summed E-state index contributed by atoms with van der Waals surface area (Å²) in [6, 6.07) is 11.3. The molecule has 1 fully saturated rings. The van der Waals surface area contributed by atoms with Crippen molar-refractivity contribution >= 4 is 34.5 Å². The molecule has 3 heterocycles. The minimum Gasteiger partial charge on any atom is -0.465 e. The van der Waals surface area contributed by atoms with Gasteiger partial charge in [-0.15, -0.1) is 0 Å². The van der Waals surface area contributed by atoms with Crippen LogP contribution in [-0.4, -0.2) is 29.6 Å². The van der Waals surface area contributed by atoms with Crippen LogP contribution in [0.1, 0.15) is 46.6 Å². The number of nitrogens with zero attached hydrogens (tertiary/aromatic N) is 1. The maximum atomic E-state index is 13.2. The third kappa shape index (κ3) is 3.20. The Kier molecular flexibility index (Phi) is 4.39. The summed E-state index contributed by atoms with van der Waals surface area (Å²) in [6.45, 7) is 0.280. The van der Waals surface area contributed by atoms with Gasteiger partial charge in [-0.25, -0.2) is 14.6 Å². The number of aromatic nitrogens is 1. The van der Waals surface area contributed by atoms with Gasteiger partial charge in [-0.3, -0.25) is 0 Å². The van der Waals surface area contributed by atoms with Crippen molar-refractivity contribution in [3.63, 3.8) is 0 Å². The van der Waals surface area contributed by atoms with Crippen LogP contribution in [0.15, 0.2) is 47.1 Å². The zero-order valence-electron chi connectivity index (χ0n) is 15.7. The SMILES string of the molecule is O=C(O[C@H]1CCOC1=O)c1c2c(nc3ccccc13)/C(=C/c1ccco1)CCC2. The van der Waals surface area contributed by atoms with Crippen molar-refractivity contribution in [2.75, 3.05) is 6.61 Å². The van der Waals surface area contributed by atoms with Crippen molar-refractivity contribution in [1.29, 1.82) is 0 Å². The quantitative estimate of drug-likeness (QED) is 0.626. The fourth-order valence-corrected chi connectivity index (χ4v) is 4.03. The predicted molar refractivity (Wildman–Crippen MR) is 106 cm³/mol. The van der Waals surface area contributed by atoms with E-state index in [4.69, 9.17) is 18.9 Å². The van der Waals surface area contributed by atoms with Crippen LogP contribution in [0.5, 0.6) is 0 Å². The second-order valence-corrected chi connectivity index (χ2v) is 7.22. The van der Waals surface area contributed by atoms with Gasteiger partial charge >= 0.3 is 11.9 Å².